The van der Waals surface area contributed by atoms with Crippen molar-refractivity contribution >= 4 is 52.0 Å². The lowest BCUT2D eigenvalue weighted by atomic mass is 10.1. The number of aliphatic hydroxyl groups is 1. The number of anilines is 3. The molecule has 0 radical (unpaired) electrons. The van der Waals surface area contributed by atoms with Crippen molar-refractivity contribution in [3.63, 3.8) is 0 Å². The molecule has 2 aromatic carbocycles. The molecule has 4 rings (SSSR count). The van der Waals surface area contributed by atoms with E-state index >= 15 is 0 Å². The fraction of sp³-hybridized carbons (Fsp3) is 0.378. The molecular formula is C37H45N5O8. The molecule has 0 saturated carbocycles. The third-order valence-electron chi connectivity index (χ3n) is 7.35. The average Bonchev–Trinajstić information content (AvgIpc) is 3.57. The first-order chi connectivity index (χ1) is 23.5. The molecule has 0 unspecified atom stereocenters. The van der Waals surface area contributed by atoms with Crippen LogP contribution in [-0.4, -0.2) is 64.5 Å². The second-order valence-corrected chi connectivity index (χ2v) is 13.5. The Kier molecular flexibility index (Phi) is 11.5. The van der Waals surface area contributed by atoms with Gasteiger partial charge >= 0.3 is 12.2 Å². The highest BCUT2D eigenvalue weighted by Gasteiger charge is 2.35. The Bertz CT molecular complexity index is 1780. The van der Waals surface area contributed by atoms with E-state index in [0.717, 1.165) is 23.7 Å². The van der Waals surface area contributed by atoms with Crippen LogP contribution in [0.5, 0.6) is 0 Å². The first-order valence-electron chi connectivity index (χ1n) is 16.3. The first-order valence-corrected chi connectivity index (χ1v) is 16.3. The van der Waals surface area contributed by atoms with Crippen LogP contribution in [0.2, 0.25) is 0 Å². The number of pyridine rings is 1. The number of hydrogen-bond acceptors (Lipinski definition) is 10. The van der Waals surface area contributed by atoms with Crippen LogP contribution >= 0.6 is 0 Å². The number of furan rings is 1. The number of rotatable bonds is 10. The maximum atomic E-state index is 13.4. The Labute approximate surface area is 291 Å². The van der Waals surface area contributed by atoms with Gasteiger partial charge in [-0.1, -0.05) is 0 Å². The van der Waals surface area contributed by atoms with Gasteiger partial charge in [0.15, 0.2) is 11.9 Å². The monoisotopic (exact) mass is 687 g/mol. The highest BCUT2D eigenvalue weighted by Crippen LogP contribution is 2.30. The van der Waals surface area contributed by atoms with Gasteiger partial charge in [0.2, 0.25) is 0 Å². The normalized spacial score (nSPS) is 12.8. The summed E-state index contributed by atoms with van der Waals surface area (Å²) < 4.78 is 16.5. The third-order valence-corrected chi connectivity index (χ3v) is 7.35. The molecule has 50 heavy (non-hydrogen) atoms. The minimum Gasteiger partial charge on any atom is -0.467 e. The van der Waals surface area contributed by atoms with Crippen molar-refractivity contribution in [3.05, 3.63) is 84.4 Å². The SMILES string of the molecule is CCN(CC)c1ccc(C(=O)N[C@@H](c2ccco2)[C@@H](O)C(=O)Nc2ccc3c(N(C(=O)OC(C)(C)C)C(=O)OC(C)(C)C)nccc3c2)cc1. The number of benzene rings is 2. The summed E-state index contributed by atoms with van der Waals surface area (Å²) in [5.74, 6) is -1.18. The molecule has 266 valence electrons. The lowest BCUT2D eigenvalue weighted by Gasteiger charge is -2.28. The molecule has 2 aromatic heterocycles. The van der Waals surface area contributed by atoms with Crippen LogP contribution in [0.1, 0.15) is 77.5 Å². The standard InChI is InChI=1S/C37H45N5O8/c1-9-41(10-2)26-16-13-23(14-17-26)32(44)40-29(28-12-11-21-48-28)30(43)33(45)39-25-15-18-27-24(22-25)19-20-38-31(27)42(34(46)49-36(3,4)5)35(47)50-37(6,7)8/h11-22,29-30,43H,9-10H2,1-8H3,(H,39,45)(H,40,44)/t29-,30+/m0/s1. The number of carbonyl (C=O) groups is 4. The van der Waals surface area contributed by atoms with Crippen molar-refractivity contribution in [1.82, 2.24) is 10.3 Å². The van der Waals surface area contributed by atoms with Gasteiger partial charge in [0.1, 0.15) is 23.0 Å². The van der Waals surface area contributed by atoms with Crippen LogP contribution in [0, 0.1) is 0 Å². The zero-order valence-electron chi connectivity index (χ0n) is 29.6. The van der Waals surface area contributed by atoms with Crippen LogP contribution in [-0.2, 0) is 14.3 Å². The van der Waals surface area contributed by atoms with Crippen molar-refractivity contribution in [2.75, 3.05) is 28.2 Å². The van der Waals surface area contributed by atoms with Crippen molar-refractivity contribution in [2.45, 2.75) is 78.7 Å². The zero-order chi connectivity index (χ0) is 36.8. The summed E-state index contributed by atoms with van der Waals surface area (Å²) >= 11 is 0. The molecule has 0 saturated heterocycles. The third kappa shape index (κ3) is 9.38. The van der Waals surface area contributed by atoms with E-state index in [1.165, 1.54) is 18.5 Å². The number of aliphatic hydroxyl groups excluding tert-OH is 1. The van der Waals surface area contributed by atoms with Crippen molar-refractivity contribution in [2.24, 2.45) is 0 Å². The number of nitrogens with zero attached hydrogens (tertiary/aromatic N) is 3. The largest absolute Gasteiger partial charge is 0.467 e. The van der Waals surface area contributed by atoms with E-state index in [9.17, 15) is 24.3 Å². The maximum absolute atomic E-state index is 13.4. The molecule has 0 fully saturated rings. The molecule has 0 spiro atoms. The molecule has 0 aliphatic heterocycles. The summed E-state index contributed by atoms with van der Waals surface area (Å²) in [6.45, 7) is 15.7. The molecule has 2 atom stereocenters. The lowest BCUT2D eigenvalue weighted by Crippen LogP contribution is -2.44. The summed E-state index contributed by atoms with van der Waals surface area (Å²) in [5.41, 5.74) is -0.229. The van der Waals surface area contributed by atoms with Gasteiger partial charge in [0, 0.05) is 41.6 Å². The summed E-state index contributed by atoms with van der Waals surface area (Å²) in [4.78, 5) is 60.3. The summed E-state index contributed by atoms with van der Waals surface area (Å²) in [5, 5.41) is 17.5. The van der Waals surface area contributed by atoms with Gasteiger partial charge < -0.3 is 34.5 Å². The highest BCUT2D eigenvalue weighted by atomic mass is 16.6. The number of imide groups is 1. The van der Waals surface area contributed by atoms with E-state index in [1.54, 1.807) is 84.0 Å². The highest BCUT2D eigenvalue weighted by molar-refractivity contribution is 6.14. The smallest absolute Gasteiger partial charge is 0.425 e. The summed E-state index contributed by atoms with van der Waals surface area (Å²) in [7, 11) is 0. The molecule has 4 amide bonds. The van der Waals surface area contributed by atoms with Crippen LogP contribution in [0.4, 0.5) is 26.8 Å². The molecular weight excluding hydrogens is 642 g/mol. The summed E-state index contributed by atoms with van der Waals surface area (Å²) in [6, 6.07) is 15.3. The zero-order valence-corrected chi connectivity index (χ0v) is 29.6. The predicted octanol–water partition coefficient (Wildman–Crippen LogP) is 6.82. The molecule has 13 nitrogen and oxygen atoms in total. The molecule has 2 heterocycles. The average molecular weight is 688 g/mol. The van der Waals surface area contributed by atoms with E-state index in [1.807, 2.05) is 26.0 Å². The Hall–Kier alpha value is -5.43. The van der Waals surface area contributed by atoms with E-state index in [4.69, 9.17) is 13.9 Å². The molecule has 3 N–H and O–H groups in total. The number of ether oxygens (including phenoxy) is 2. The Morgan fingerprint density at radius 1 is 0.880 bits per heavy atom. The minimum absolute atomic E-state index is 0.0327. The number of carbonyl (C=O) groups excluding carboxylic acids is 4. The molecule has 0 aliphatic carbocycles. The number of aromatic nitrogens is 1. The topological polar surface area (TPSA) is 164 Å². The van der Waals surface area contributed by atoms with Gasteiger partial charge in [-0.25, -0.2) is 14.6 Å². The van der Waals surface area contributed by atoms with Crippen LogP contribution < -0.4 is 20.4 Å². The van der Waals surface area contributed by atoms with Gasteiger partial charge in [-0.15, -0.1) is 0 Å². The Morgan fingerprint density at radius 3 is 2.04 bits per heavy atom. The van der Waals surface area contributed by atoms with Gasteiger partial charge in [0.25, 0.3) is 11.8 Å². The second-order valence-electron chi connectivity index (χ2n) is 13.5. The number of hydrogen-bond donors (Lipinski definition) is 3. The lowest BCUT2D eigenvalue weighted by molar-refractivity contribution is -0.125. The van der Waals surface area contributed by atoms with E-state index in [0.29, 0.717) is 16.3 Å². The fourth-order valence-corrected chi connectivity index (χ4v) is 5.06. The van der Waals surface area contributed by atoms with E-state index in [2.05, 4.69) is 20.5 Å². The van der Waals surface area contributed by atoms with Crippen LogP contribution in [0.3, 0.4) is 0 Å². The quantitative estimate of drug-likeness (QED) is 0.161. The van der Waals surface area contributed by atoms with Gasteiger partial charge in [-0.2, -0.15) is 4.90 Å². The van der Waals surface area contributed by atoms with Gasteiger partial charge in [-0.05, 0) is 121 Å². The Balaban J connectivity index is 1.58. The number of amides is 4. The van der Waals surface area contributed by atoms with Crippen LogP contribution in [0.25, 0.3) is 10.8 Å². The number of fused-ring (bicyclic) bond motifs is 1. The van der Waals surface area contributed by atoms with Gasteiger partial charge in [-0.3, -0.25) is 9.59 Å². The van der Waals surface area contributed by atoms with Gasteiger partial charge in [0.05, 0.1) is 6.26 Å². The predicted molar refractivity (Wildman–Crippen MR) is 190 cm³/mol. The van der Waals surface area contributed by atoms with Crippen molar-refractivity contribution in [3.8, 4) is 0 Å². The fourth-order valence-electron chi connectivity index (χ4n) is 5.06. The van der Waals surface area contributed by atoms with Crippen molar-refractivity contribution < 1.29 is 38.2 Å². The molecule has 4 aromatic rings. The van der Waals surface area contributed by atoms with E-state index < -0.39 is 47.3 Å². The van der Waals surface area contributed by atoms with Crippen LogP contribution in [0.15, 0.2) is 77.5 Å². The Morgan fingerprint density at radius 2 is 1.50 bits per heavy atom. The number of nitrogens with one attached hydrogen (secondary N) is 2. The van der Waals surface area contributed by atoms with E-state index in [-0.39, 0.29) is 17.3 Å². The maximum Gasteiger partial charge on any atom is 0.425 e. The molecule has 13 heteroatoms. The minimum atomic E-state index is -1.75. The second kappa shape index (κ2) is 15.4. The molecule has 0 bridgehead atoms. The first kappa shape index (κ1) is 37.4. The summed E-state index contributed by atoms with van der Waals surface area (Å²) in [6.07, 6.45) is -0.920. The van der Waals surface area contributed by atoms with Crippen molar-refractivity contribution in [1.29, 1.82) is 0 Å². The molecule has 0 aliphatic rings.